The van der Waals surface area contributed by atoms with Crippen molar-refractivity contribution in [2.45, 2.75) is 103 Å². The van der Waals surface area contributed by atoms with E-state index in [-0.39, 0.29) is 28.5 Å². The van der Waals surface area contributed by atoms with Gasteiger partial charge in [0.15, 0.2) is 0 Å². The number of hydrogen-bond donors (Lipinski definition) is 0. The third-order valence-corrected chi connectivity index (χ3v) is 9.18. The van der Waals surface area contributed by atoms with Gasteiger partial charge in [0.05, 0.1) is 16.7 Å². The smallest absolute Gasteiger partial charge is 0.219 e. The van der Waals surface area contributed by atoms with Crippen LogP contribution in [-0.4, -0.2) is 18.0 Å². The van der Waals surface area contributed by atoms with Crippen molar-refractivity contribution in [3.05, 3.63) is 58.9 Å². The first-order valence-corrected chi connectivity index (χ1v) is 14.8. The molecule has 4 atom stereocenters. The molecule has 1 aliphatic heterocycles. The van der Waals surface area contributed by atoms with Crippen molar-refractivity contribution in [1.82, 2.24) is 0 Å². The van der Waals surface area contributed by atoms with Crippen LogP contribution >= 0.6 is 0 Å². The molecule has 2 saturated carbocycles. The first-order chi connectivity index (χ1) is 18.2. The summed E-state index contributed by atoms with van der Waals surface area (Å²) in [6.45, 7) is 6.45. The summed E-state index contributed by atoms with van der Waals surface area (Å²) in [5, 5.41) is 0. The van der Waals surface area contributed by atoms with E-state index in [2.05, 4.69) is 11.9 Å². The minimum Gasteiger partial charge on any atom is -0.475 e. The molecule has 5 heteroatoms. The highest BCUT2D eigenvalue weighted by Crippen LogP contribution is 2.49. The van der Waals surface area contributed by atoms with Crippen LogP contribution in [0, 0.1) is 35.2 Å². The van der Waals surface area contributed by atoms with Gasteiger partial charge in [0.1, 0.15) is 24.1 Å². The van der Waals surface area contributed by atoms with Gasteiger partial charge in [-0.3, -0.25) is 0 Å². The number of unbranched alkanes of at least 4 members (excludes halogenated alkanes) is 3. The van der Waals surface area contributed by atoms with E-state index in [1.54, 1.807) is 6.07 Å². The summed E-state index contributed by atoms with van der Waals surface area (Å²) in [6, 6.07) is 7.20. The Morgan fingerprint density at radius 3 is 2.29 bits per heavy atom. The fourth-order valence-electron chi connectivity index (χ4n) is 7.08. The Bertz CT molecular complexity index is 1150. The van der Waals surface area contributed by atoms with Crippen LogP contribution in [0.1, 0.15) is 108 Å². The van der Waals surface area contributed by atoms with E-state index in [0.29, 0.717) is 12.5 Å². The zero-order chi connectivity index (χ0) is 26.9. The van der Waals surface area contributed by atoms with Crippen LogP contribution in [0.25, 0.3) is 11.1 Å². The second-order valence-corrected chi connectivity index (χ2v) is 12.6. The third-order valence-electron chi connectivity index (χ3n) is 9.18. The molecule has 0 aromatic heterocycles. The number of aliphatic imine (C=N–C) groups is 1. The first-order valence-electron chi connectivity index (χ1n) is 14.8. The molecule has 0 spiro atoms. The molecule has 2 aromatic carbocycles. The molecule has 0 radical (unpaired) electrons. The quantitative estimate of drug-likeness (QED) is 0.314. The zero-order valence-electron chi connectivity index (χ0n) is 23.2. The SMILES string of the molecule is CCCCCCC1CC[C@@H]2C[C@H](c3cc(F)c(-c4ccc(C5=NC(C)(C)CO5)c(F)c4)c(F)c3)CC[C@@H]2C1. The maximum Gasteiger partial charge on any atom is 0.219 e. The molecule has 206 valence electrons. The highest BCUT2D eigenvalue weighted by Gasteiger charge is 2.36. The van der Waals surface area contributed by atoms with Crippen molar-refractivity contribution < 1.29 is 17.9 Å². The van der Waals surface area contributed by atoms with Crippen molar-refractivity contribution in [3.8, 4) is 11.1 Å². The van der Waals surface area contributed by atoms with Crippen molar-refractivity contribution in [2.75, 3.05) is 6.61 Å². The molecular formula is C33H42F3NO. The minimum absolute atomic E-state index is 0.175. The summed E-state index contributed by atoms with van der Waals surface area (Å²) in [6.07, 6.45) is 13.8. The summed E-state index contributed by atoms with van der Waals surface area (Å²) in [4.78, 5) is 4.41. The lowest BCUT2D eigenvalue weighted by Gasteiger charge is -2.42. The molecule has 2 nitrogen and oxygen atoms in total. The summed E-state index contributed by atoms with van der Waals surface area (Å²) in [5.74, 6) is 0.878. The van der Waals surface area contributed by atoms with E-state index in [9.17, 15) is 4.39 Å². The Kier molecular flexibility index (Phi) is 8.21. The molecule has 2 aromatic rings. The molecule has 5 rings (SSSR count). The summed E-state index contributed by atoms with van der Waals surface area (Å²) in [7, 11) is 0. The van der Waals surface area contributed by atoms with E-state index in [4.69, 9.17) is 4.74 Å². The lowest BCUT2D eigenvalue weighted by Crippen LogP contribution is -2.30. The number of ether oxygens (including phenoxy) is 1. The minimum atomic E-state index is -0.624. The lowest BCUT2D eigenvalue weighted by molar-refractivity contribution is 0.113. The molecule has 0 N–H and O–H groups in total. The van der Waals surface area contributed by atoms with Gasteiger partial charge in [-0.25, -0.2) is 18.2 Å². The van der Waals surface area contributed by atoms with Gasteiger partial charge in [-0.1, -0.05) is 51.5 Å². The molecule has 0 amide bonds. The normalized spacial score (nSPS) is 26.5. The van der Waals surface area contributed by atoms with E-state index < -0.39 is 23.0 Å². The molecule has 0 bridgehead atoms. The number of hydrogen-bond acceptors (Lipinski definition) is 2. The summed E-state index contributed by atoms with van der Waals surface area (Å²) < 4.78 is 51.2. The van der Waals surface area contributed by atoms with Crippen LogP contribution in [-0.2, 0) is 4.74 Å². The monoisotopic (exact) mass is 525 g/mol. The number of fused-ring (bicyclic) bond motifs is 1. The maximum atomic E-state index is 15.3. The van der Waals surface area contributed by atoms with Crippen LogP contribution in [0.5, 0.6) is 0 Å². The fraction of sp³-hybridized carbons (Fsp3) is 0.606. The Balaban J connectivity index is 1.26. The van der Waals surface area contributed by atoms with E-state index in [1.807, 2.05) is 13.8 Å². The molecule has 2 aliphatic carbocycles. The van der Waals surface area contributed by atoms with Gasteiger partial charge < -0.3 is 4.74 Å². The molecule has 1 heterocycles. The first kappa shape index (κ1) is 27.3. The van der Waals surface area contributed by atoms with Gasteiger partial charge in [-0.15, -0.1) is 0 Å². The van der Waals surface area contributed by atoms with Crippen LogP contribution < -0.4 is 0 Å². The number of nitrogens with zero attached hydrogens (tertiary/aromatic N) is 1. The highest BCUT2D eigenvalue weighted by molar-refractivity contribution is 5.96. The Hall–Kier alpha value is -2.30. The van der Waals surface area contributed by atoms with E-state index in [0.717, 1.165) is 36.7 Å². The number of rotatable bonds is 8. The molecule has 1 unspecified atom stereocenters. The predicted molar refractivity (Wildman–Crippen MR) is 148 cm³/mol. The van der Waals surface area contributed by atoms with Crippen LogP contribution in [0.2, 0.25) is 0 Å². The summed E-state index contributed by atoms with van der Waals surface area (Å²) >= 11 is 0. The average Bonchev–Trinajstić information content (AvgIpc) is 3.25. The van der Waals surface area contributed by atoms with Gasteiger partial charge in [-0.05, 0) is 105 Å². The topological polar surface area (TPSA) is 21.6 Å². The molecule has 38 heavy (non-hydrogen) atoms. The van der Waals surface area contributed by atoms with Crippen molar-refractivity contribution in [2.24, 2.45) is 22.7 Å². The van der Waals surface area contributed by atoms with E-state index >= 15 is 8.78 Å². The Morgan fingerprint density at radius 1 is 0.868 bits per heavy atom. The van der Waals surface area contributed by atoms with Crippen LogP contribution in [0.4, 0.5) is 13.2 Å². The number of halogens is 3. The predicted octanol–water partition coefficient (Wildman–Crippen LogP) is 9.60. The Labute approximate surface area is 226 Å². The van der Waals surface area contributed by atoms with Gasteiger partial charge in [0.25, 0.3) is 0 Å². The average molecular weight is 526 g/mol. The largest absolute Gasteiger partial charge is 0.475 e. The third kappa shape index (κ3) is 5.97. The standard InChI is InChI=1S/C33H42F3NO/c1-4-5-6-7-8-21-9-10-23-16-24(12-11-22(23)15-21)26-18-29(35)31(30(36)19-26)25-13-14-27(28(34)17-25)32-37-33(2,3)20-38-32/h13-14,17-19,21-24H,4-12,15-16,20H2,1-3H3/t21?,22-,23-,24-/m1/s1. The van der Waals surface area contributed by atoms with Gasteiger partial charge in [0.2, 0.25) is 5.90 Å². The highest BCUT2D eigenvalue weighted by atomic mass is 19.1. The molecular weight excluding hydrogens is 483 g/mol. The molecule has 3 aliphatic rings. The second-order valence-electron chi connectivity index (χ2n) is 12.6. The van der Waals surface area contributed by atoms with Crippen LogP contribution in [0.3, 0.4) is 0 Å². The fourth-order valence-corrected chi connectivity index (χ4v) is 7.08. The van der Waals surface area contributed by atoms with Gasteiger partial charge in [0, 0.05) is 0 Å². The summed E-state index contributed by atoms with van der Waals surface area (Å²) in [5.41, 5.74) is 0.556. The van der Waals surface area contributed by atoms with Gasteiger partial charge >= 0.3 is 0 Å². The van der Waals surface area contributed by atoms with Crippen LogP contribution in [0.15, 0.2) is 35.3 Å². The van der Waals surface area contributed by atoms with Gasteiger partial charge in [-0.2, -0.15) is 0 Å². The Morgan fingerprint density at radius 2 is 1.61 bits per heavy atom. The van der Waals surface area contributed by atoms with Crippen molar-refractivity contribution >= 4 is 5.90 Å². The van der Waals surface area contributed by atoms with E-state index in [1.165, 1.54) is 75.6 Å². The zero-order valence-corrected chi connectivity index (χ0v) is 23.2. The maximum absolute atomic E-state index is 15.3. The molecule has 2 fully saturated rings. The number of benzene rings is 2. The lowest BCUT2D eigenvalue weighted by atomic mass is 9.63. The van der Waals surface area contributed by atoms with Crippen molar-refractivity contribution in [1.29, 1.82) is 0 Å². The second kappa shape index (κ2) is 11.4. The molecule has 0 saturated heterocycles. The van der Waals surface area contributed by atoms with Crippen molar-refractivity contribution in [3.63, 3.8) is 0 Å².